The van der Waals surface area contributed by atoms with Crippen molar-refractivity contribution >= 4 is 26.9 Å². The van der Waals surface area contributed by atoms with E-state index in [0.29, 0.717) is 10.2 Å². The summed E-state index contributed by atoms with van der Waals surface area (Å²) in [6.45, 7) is 4.02. The van der Waals surface area contributed by atoms with E-state index < -0.39 is 6.04 Å². The molecule has 108 valence electrons. The van der Waals surface area contributed by atoms with Gasteiger partial charge in [-0.15, -0.1) is 0 Å². The van der Waals surface area contributed by atoms with Gasteiger partial charge in [0.1, 0.15) is 17.2 Å². The fourth-order valence-corrected chi connectivity index (χ4v) is 3.14. The van der Waals surface area contributed by atoms with Gasteiger partial charge in [0.05, 0.1) is 6.04 Å². The summed E-state index contributed by atoms with van der Waals surface area (Å²) < 4.78 is 19.8. The Bertz CT molecular complexity index is 825. The Labute approximate surface area is 130 Å². The largest absolute Gasteiger partial charge is 0.459 e. The molecule has 0 saturated carbocycles. The first-order valence-corrected chi connectivity index (χ1v) is 7.47. The fraction of sp³-hybridized carbons (Fsp3) is 0.176. The molecular formula is C17H15BrFNO. The van der Waals surface area contributed by atoms with Crippen LogP contribution < -0.4 is 5.73 Å². The maximum absolute atomic E-state index is 13.2. The van der Waals surface area contributed by atoms with E-state index in [1.54, 1.807) is 6.07 Å². The van der Waals surface area contributed by atoms with Crippen molar-refractivity contribution in [1.29, 1.82) is 0 Å². The molecule has 1 atom stereocenters. The molecule has 2 aromatic carbocycles. The van der Waals surface area contributed by atoms with E-state index in [-0.39, 0.29) is 5.82 Å². The van der Waals surface area contributed by atoms with Crippen molar-refractivity contribution in [3.05, 3.63) is 69.1 Å². The minimum absolute atomic E-state index is 0.297. The van der Waals surface area contributed by atoms with E-state index in [0.717, 1.165) is 27.7 Å². The minimum atomic E-state index is -0.437. The summed E-state index contributed by atoms with van der Waals surface area (Å²) in [5.41, 5.74) is 10.1. The summed E-state index contributed by atoms with van der Waals surface area (Å²) in [5, 5.41) is 1.06. The van der Waals surface area contributed by atoms with Gasteiger partial charge in [0, 0.05) is 15.4 Å². The topological polar surface area (TPSA) is 39.2 Å². The van der Waals surface area contributed by atoms with Crippen LogP contribution >= 0.6 is 15.9 Å². The zero-order valence-electron chi connectivity index (χ0n) is 11.8. The number of fused-ring (bicyclic) bond motifs is 1. The number of hydrogen-bond donors (Lipinski definition) is 1. The quantitative estimate of drug-likeness (QED) is 0.708. The van der Waals surface area contributed by atoms with Gasteiger partial charge in [0.2, 0.25) is 0 Å². The van der Waals surface area contributed by atoms with Crippen molar-refractivity contribution in [3.8, 4) is 0 Å². The van der Waals surface area contributed by atoms with Gasteiger partial charge >= 0.3 is 0 Å². The molecule has 3 aromatic rings. The van der Waals surface area contributed by atoms with E-state index in [1.165, 1.54) is 12.1 Å². The lowest BCUT2D eigenvalue weighted by Gasteiger charge is -2.12. The molecule has 1 heterocycles. The normalized spacial score (nSPS) is 12.8. The second kappa shape index (κ2) is 5.28. The Hall–Kier alpha value is -1.65. The molecule has 0 fully saturated rings. The number of rotatable bonds is 2. The van der Waals surface area contributed by atoms with Crippen LogP contribution in [0.5, 0.6) is 0 Å². The Kier molecular flexibility index (Phi) is 3.59. The van der Waals surface area contributed by atoms with E-state index in [9.17, 15) is 4.39 Å². The zero-order chi connectivity index (χ0) is 15.1. The van der Waals surface area contributed by atoms with E-state index in [1.807, 2.05) is 32.0 Å². The monoisotopic (exact) mass is 347 g/mol. The summed E-state index contributed by atoms with van der Waals surface area (Å²) in [6.07, 6.45) is 0. The number of halogens is 2. The summed E-state index contributed by atoms with van der Waals surface area (Å²) in [5.74, 6) is 0.415. The molecule has 0 aliphatic carbocycles. The maximum atomic E-state index is 13.2. The molecule has 3 rings (SSSR count). The smallest absolute Gasteiger partial charge is 0.134 e. The van der Waals surface area contributed by atoms with Crippen LogP contribution in [-0.2, 0) is 0 Å². The number of furan rings is 1. The molecule has 1 aromatic heterocycles. The molecule has 21 heavy (non-hydrogen) atoms. The molecule has 0 amide bonds. The summed E-state index contributed by atoms with van der Waals surface area (Å²) in [6, 6.07) is 10.2. The highest BCUT2D eigenvalue weighted by Gasteiger charge is 2.20. The molecule has 0 saturated heterocycles. The lowest BCUT2D eigenvalue weighted by atomic mass is 10.0. The van der Waals surface area contributed by atoms with Crippen LogP contribution in [0.2, 0.25) is 0 Å². The lowest BCUT2D eigenvalue weighted by Crippen LogP contribution is -2.12. The van der Waals surface area contributed by atoms with Crippen molar-refractivity contribution < 1.29 is 8.81 Å². The van der Waals surface area contributed by atoms with Crippen molar-refractivity contribution in [1.82, 2.24) is 0 Å². The number of aryl methyl sites for hydroxylation is 2. The van der Waals surface area contributed by atoms with Gasteiger partial charge in [-0.3, -0.25) is 0 Å². The Morgan fingerprint density at radius 3 is 2.62 bits per heavy atom. The first-order valence-electron chi connectivity index (χ1n) is 6.67. The van der Waals surface area contributed by atoms with Crippen molar-refractivity contribution in [2.75, 3.05) is 0 Å². The van der Waals surface area contributed by atoms with E-state index in [2.05, 4.69) is 15.9 Å². The standard InChI is InChI=1S/C17H15BrFNO/c1-9-3-5-12-10(2)17(21-15(12)7-9)16(20)13-6-4-11(19)8-14(13)18/h3-8,16H,20H2,1-2H3. The third-order valence-electron chi connectivity index (χ3n) is 3.71. The number of benzene rings is 2. The fourth-order valence-electron chi connectivity index (χ4n) is 2.54. The summed E-state index contributed by atoms with van der Waals surface area (Å²) >= 11 is 3.36. The lowest BCUT2D eigenvalue weighted by molar-refractivity contribution is 0.519. The molecule has 2 nitrogen and oxygen atoms in total. The highest BCUT2D eigenvalue weighted by atomic mass is 79.9. The van der Waals surface area contributed by atoms with Crippen molar-refractivity contribution in [2.45, 2.75) is 19.9 Å². The first-order chi connectivity index (χ1) is 9.97. The molecule has 4 heteroatoms. The summed E-state index contributed by atoms with van der Waals surface area (Å²) in [7, 11) is 0. The van der Waals surface area contributed by atoms with Crippen LogP contribution in [0.4, 0.5) is 4.39 Å². The molecular weight excluding hydrogens is 333 g/mol. The van der Waals surface area contributed by atoms with Crippen LogP contribution in [0.25, 0.3) is 11.0 Å². The second-order valence-corrected chi connectivity index (χ2v) is 6.09. The molecule has 0 bridgehead atoms. The van der Waals surface area contributed by atoms with E-state index in [4.69, 9.17) is 10.2 Å². The van der Waals surface area contributed by atoms with Gasteiger partial charge in [-0.05, 0) is 43.2 Å². The molecule has 0 aliphatic heterocycles. The predicted molar refractivity (Wildman–Crippen MR) is 85.8 cm³/mol. The Morgan fingerprint density at radius 2 is 1.90 bits per heavy atom. The van der Waals surface area contributed by atoms with Crippen molar-refractivity contribution in [3.63, 3.8) is 0 Å². The molecule has 0 spiro atoms. The molecule has 0 aliphatic rings. The maximum Gasteiger partial charge on any atom is 0.134 e. The molecule has 1 unspecified atom stereocenters. The van der Waals surface area contributed by atoms with Crippen LogP contribution in [0.15, 0.2) is 45.3 Å². The van der Waals surface area contributed by atoms with Gasteiger partial charge in [0.25, 0.3) is 0 Å². The summed E-state index contributed by atoms with van der Waals surface area (Å²) in [4.78, 5) is 0. The average molecular weight is 348 g/mol. The molecule has 0 radical (unpaired) electrons. The van der Waals surface area contributed by atoms with Gasteiger partial charge < -0.3 is 10.2 Å². The van der Waals surface area contributed by atoms with Crippen LogP contribution in [0, 0.1) is 19.7 Å². The Morgan fingerprint density at radius 1 is 1.14 bits per heavy atom. The van der Waals surface area contributed by atoms with Gasteiger partial charge in [-0.25, -0.2) is 4.39 Å². The molecule has 2 N–H and O–H groups in total. The van der Waals surface area contributed by atoms with Gasteiger partial charge in [-0.1, -0.05) is 34.1 Å². The second-order valence-electron chi connectivity index (χ2n) is 5.23. The van der Waals surface area contributed by atoms with Crippen LogP contribution in [0.1, 0.15) is 28.5 Å². The average Bonchev–Trinajstić information content (AvgIpc) is 2.75. The highest BCUT2D eigenvalue weighted by Crippen LogP contribution is 2.34. The van der Waals surface area contributed by atoms with Crippen LogP contribution in [-0.4, -0.2) is 0 Å². The SMILES string of the molecule is Cc1ccc2c(C)c(C(N)c3ccc(F)cc3Br)oc2c1. The predicted octanol–water partition coefficient (Wildman–Crippen LogP) is 5.00. The zero-order valence-corrected chi connectivity index (χ0v) is 13.4. The first kappa shape index (κ1) is 14.3. The Balaban J connectivity index is 2.13. The van der Waals surface area contributed by atoms with Crippen molar-refractivity contribution in [2.24, 2.45) is 5.73 Å². The number of hydrogen-bond acceptors (Lipinski definition) is 2. The van der Waals surface area contributed by atoms with Gasteiger partial charge in [0.15, 0.2) is 0 Å². The van der Waals surface area contributed by atoms with E-state index >= 15 is 0 Å². The van der Waals surface area contributed by atoms with Crippen LogP contribution in [0.3, 0.4) is 0 Å². The number of nitrogens with two attached hydrogens (primary N) is 1. The third-order valence-corrected chi connectivity index (χ3v) is 4.40. The minimum Gasteiger partial charge on any atom is -0.459 e. The van der Waals surface area contributed by atoms with Gasteiger partial charge in [-0.2, -0.15) is 0 Å². The highest BCUT2D eigenvalue weighted by molar-refractivity contribution is 9.10. The third kappa shape index (κ3) is 2.49.